The summed E-state index contributed by atoms with van der Waals surface area (Å²) in [5.74, 6) is 0.865. The molecule has 8 heteroatoms. The monoisotopic (exact) mass is 294 g/mol. The second-order valence-electron chi connectivity index (χ2n) is 5.44. The molecule has 2 heterocycles. The number of hydrogen-bond donors (Lipinski definition) is 1. The fraction of sp³-hybridized carbons (Fsp3) is 0.692. The van der Waals surface area contributed by atoms with Crippen molar-refractivity contribution in [2.75, 3.05) is 43.9 Å². The Balaban J connectivity index is 2.34. The Bertz CT molecular complexity index is 507. The molecule has 0 saturated carbocycles. The van der Waals surface area contributed by atoms with Crippen molar-refractivity contribution in [3.8, 4) is 0 Å². The van der Waals surface area contributed by atoms with Crippen LogP contribution >= 0.6 is 0 Å². The van der Waals surface area contributed by atoms with Crippen molar-refractivity contribution in [2.24, 2.45) is 0 Å². The minimum Gasteiger partial charge on any atom is -0.354 e. The second kappa shape index (κ2) is 6.66. The van der Waals surface area contributed by atoms with E-state index in [1.807, 2.05) is 25.9 Å². The summed E-state index contributed by atoms with van der Waals surface area (Å²) in [6, 6.07) is 0.253. The van der Waals surface area contributed by atoms with Gasteiger partial charge in [-0.15, -0.1) is 0 Å². The van der Waals surface area contributed by atoms with Gasteiger partial charge in [-0.2, -0.15) is 4.98 Å². The molecule has 1 unspecified atom stereocenters. The van der Waals surface area contributed by atoms with Crippen LogP contribution in [0.5, 0.6) is 0 Å². The number of nitrogens with zero attached hydrogens (tertiary/aromatic N) is 5. The first-order valence-electron chi connectivity index (χ1n) is 7.19. The van der Waals surface area contributed by atoms with E-state index in [1.54, 1.807) is 0 Å². The van der Waals surface area contributed by atoms with E-state index in [0.29, 0.717) is 18.3 Å². The lowest BCUT2D eigenvalue weighted by Gasteiger charge is -2.27. The van der Waals surface area contributed by atoms with Gasteiger partial charge < -0.3 is 15.1 Å². The smallest absolute Gasteiger partial charge is 0.329 e. The van der Waals surface area contributed by atoms with E-state index in [9.17, 15) is 10.1 Å². The lowest BCUT2D eigenvalue weighted by Crippen LogP contribution is -2.38. The van der Waals surface area contributed by atoms with Crippen LogP contribution in [0.25, 0.3) is 0 Å². The maximum Gasteiger partial charge on any atom is 0.329 e. The van der Waals surface area contributed by atoms with Crippen LogP contribution in [0.15, 0.2) is 6.20 Å². The Morgan fingerprint density at radius 3 is 2.95 bits per heavy atom. The maximum absolute atomic E-state index is 11.2. The molecule has 21 heavy (non-hydrogen) atoms. The Morgan fingerprint density at radius 2 is 2.33 bits per heavy atom. The molecular formula is C13H22N6O2. The average Bonchev–Trinajstić information content (AvgIpc) is 2.86. The molecule has 8 nitrogen and oxygen atoms in total. The summed E-state index contributed by atoms with van der Waals surface area (Å²) in [5.41, 5.74) is -0.0256. The second-order valence-corrected chi connectivity index (χ2v) is 5.44. The molecule has 1 aliphatic rings. The Labute approximate surface area is 124 Å². The Hall–Kier alpha value is -1.96. The first-order chi connectivity index (χ1) is 10.0. The van der Waals surface area contributed by atoms with Gasteiger partial charge in [-0.1, -0.05) is 0 Å². The zero-order chi connectivity index (χ0) is 15.4. The van der Waals surface area contributed by atoms with Gasteiger partial charge >= 0.3 is 5.69 Å². The largest absolute Gasteiger partial charge is 0.354 e. The van der Waals surface area contributed by atoms with Crippen LogP contribution in [-0.4, -0.2) is 59.6 Å². The van der Waals surface area contributed by atoms with E-state index in [2.05, 4.69) is 20.2 Å². The molecule has 1 fully saturated rings. The van der Waals surface area contributed by atoms with E-state index >= 15 is 0 Å². The minimum absolute atomic E-state index is 0.0256. The van der Waals surface area contributed by atoms with Crippen LogP contribution in [0.1, 0.15) is 19.8 Å². The number of anilines is 2. The number of nitrogens with one attached hydrogen (secondary N) is 1. The van der Waals surface area contributed by atoms with Gasteiger partial charge in [0.05, 0.1) is 4.92 Å². The van der Waals surface area contributed by atoms with Gasteiger partial charge in [-0.3, -0.25) is 10.1 Å². The Kier molecular flexibility index (Phi) is 4.89. The number of hydrogen-bond acceptors (Lipinski definition) is 7. The van der Waals surface area contributed by atoms with Crippen LogP contribution in [0.4, 0.5) is 17.5 Å². The molecule has 1 N–H and O–H groups in total. The van der Waals surface area contributed by atoms with Gasteiger partial charge in [-0.25, -0.2) is 4.98 Å². The Morgan fingerprint density at radius 1 is 1.57 bits per heavy atom. The maximum atomic E-state index is 11.2. The predicted octanol–water partition coefficient (Wildman–Crippen LogP) is 1.35. The lowest BCUT2D eigenvalue weighted by molar-refractivity contribution is -0.384. The molecule has 116 valence electrons. The van der Waals surface area contributed by atoms with Crippen LogP contribution in [0, 0.1) is 10.1 Å². The number of rotatable bonds is 6. The fourth-order valence-corrected chi connectivity index (χ4v) is 2.68. The molecule has 1 aromatic rings. The van der Waals surface area contributed by atoms with E-state index in [-0.39, 0.29) is 11.7 Å². The topological polar surface area (TPSA) is 87.4 Å². The van der Waals surface area contributed by atoms with Crippen molar-refractivity contribution >= 4 is 17.5 Å². The molecule has 1 saturated heterocycles. The van der Waals surface area contributed by atoms with E-state index in [0.717, 1.165) is 25.9 Å². The lowest BCUT2D eigenvalue weighted by atomic mass is 10.2. The number of likely N-dealkylation sites (N-methyl/N-ethyl adjacent to an activating group) is 1. The zero-order valence-electron chi connectivity index (χ0n) is 12.7. The quantitative estimate of drug-likeness (QED) is 0.626. The van der Waals surface area contributed by atoms with Gasteiger partial charge in [0.2, 0.25) is 11.8 Å². The van der Waals surface area contributed by atoms with Gasteiger partial charge in [0, 0.05) is 25.7 Å². The van der Waals surface area contributed by atoms with E-state index in [1.165, 1.54) is 6.20 Å². The van der Waals surface area contributed by atoms with Crippen molar-refractivity contribution in [3.05, 3.63) is 16.3 Å². The third kappa shape index (κ3) is 3.57. The third-order valence-corrected chi connectivity index (χ3v) is 3.51. The molecule has 1 atom stereocenters. The standard InChI is InChI=1S/C13H22N6O2/c1-4-14-13-15-8-11(19(20)21)12(16-13)18-7-5-6-10(18)9-17(2)3/h8,10H,4-7,9H2,1-3H3,(H,14,15,16). The molecule has 0 radical (unpaired) electrons. The SMILES string of the molecule is CCNc1ncc([N+](=O)[O-])c(N2CCCC2CN(C)C)n1. The first-order valence-corrected chi connectivity index (χ1v) is 7.19. The highest BCUT2D eigenvalue weighted by atomic mass is 16.6. The van der Waals surface area contributed by atoms with Crippen LogP contribution < -0.4 is 10.2 Å². The summed E-state index contributed by atoms with van der Waals surface area (Å²) in [7, 11) is 4.02. The summed E-state index contributed by atoms with van der Waals surface area (Å²) in [4.78, 5) is 23.4. The summed E-state index contributed by atoms with van der Waals surface area (Å²) in [6.45, 7) is 4.27. The van der Waals surface area contributed by atoms with Gasteiger partial charge in [0.1, 0.15) is 6.20 Å². The molecule has 2 rings (SSSR count). The highest BCUT2D eigenvalue weighted by Gasteiger charge is 2.32. The molecule has 1 aliphatic heterocycles. The summed E-state index contributed by atoms with van der Waals surface area (Å²) in [6.07, 6.45) is 3.34. The van der Waals surface area contributed by atoms with Crippen LogP contribution in [0.3, 0.4) is 0 Å². The average molecular weight is 294 g/mol. The summed E-state index contributed by atoms with van der Waals surface area (Å²) < 4.78 is 0. The van der Waals surface area contributed by atoms with Gasteiger partial charge in [0.15, 0.2) is 0 Å². The van der Waals surface area contributed by atoms with Crippen molar-refractivity contribution in [1.29, 1.82) is 0 Å². The van der Waals surface area contributed by atoms with Crippen LogP contribution in [-0.2, 0) is 0 Å². The summed E-state index contributed by atoms with van der Waals surface area (Å²) >= 11 is 0. The molecule has 1 aromatic heterocycles. The van der Waals surface area contributed by atoms with Gasteiger partial charge in [0.25, 0.3) is 0 Å². The third-order valence-electron chi connectivity index (χ3n) is 3.51. The molecule has 0 bridgehead atoms. The van der Waals surface area contributed by atoms with E-state index in [4.69, 9.17) is 0 Å². The highest BCUT2D eigenvalue weighted by molar-refractivity contribution is 5.60. The molecule has 0 amide bonds. The predicted molar refractivity (Wildman–Crippen MR) is 81.8 cm³/mol. The van der Waals surface area contributed by atoms with Crippen molar-refractivity contribution in [2.45, 2.75) is 25.8 Å². The molecular weight excluding hydrogens is 272 g/mol. The normalized spacial score (nSPS) is 18.3. The number of aromatic nitrogens is 2. The minimum atomic E-state index is -0.407. The zero-order valence-corrected chi connectivity index (χ0v) is 12.7. The fourth-order valence-electron chi connectivity index (χ4n) is 2.68. The van der Waals surface area contributed by atoms with Crippen molar-refractivity contribution < 1.29 is 4.92 Å². The molecule has 0 aromatic carbocycles. The van der Waals surface area contributed by atoms with Crippen molar-refractivity contribution in [1.82, 2.24) is 14.9 Å². The molecule has 0 spiro atoms. The molecule has 0 aliphatic carbocycles. The van der Waals surface area contributed by atoms with E-state index < -0.39 is 4.92 Å². The van der Waals surface area contributed by atoms with Gasteiger partial charge in [-0.05, 0) is 33.9 Å². The summed E-state index contributed by atoms with van der Waals surface area (Å²) in [5, 5.41) is 14.3. The van der Waals surface area contributed by atoms with Crippen molar-refractivity contribution in [3.63, 3.8) is 0 Å². The first kappa shape index (κ1) is 15.4. The highest BCUT2D eigenvalue weighted by Crippen LogP contribution is 2.32. The van der Waals surface area contributed by atoms with Crippen LogP contribution in [0.2, 0.25) is 0 Å². The number of nitro groups is 1.